The highest BCUT2D eigenvalue weighted by Gasteiger charge is 2.25. The Balaban J connectivity index is 2.07. The summed E-state index contributed by atoms with van der Waals surface area (Å²) in [5.74, 6) is -0.375. The van der Waals surface area contributed by atoms with Crippen LogP contribution in [0.4, 0.5) is 5.69 Å². The highest BCUT2D eigenvalue weighted by Crippen LogP contribution is 2.31. The third kappa shape index (κ3) is 2.03. The fourth-order valence-electron chi connectivity index (χ4n) is 2.73. The molecule has 4 nitrogen and oxygen atoms in total. The van der Waals surface area contributed by atoms with Crippen molar-refractivity contribution in [2.75, 3.05) is 19.0 Å². The van der Waals surface area contributed by atoms with E-state index in [9.17, 15) is 9.59 Å². The lowest BCUT2D eigenvalue weighted by atomic mass is 9.91. The van der Waals surface area contributed by atoms with Gasteiger partial charge in [-0.3, -0.25) is 9.59 Å². The average molecular weight is 269 g/mol. The standard InChI is InChI=1S/C16H15NO3/c1-20-16(19)13-5-12-6-14-10(7-15(12)17-8-13)3-2-4-11(14)9-18/h2-4,6-7,9,13,17H,5,8H2,1H3. The number of anilines is 1. The molecule has 2 aromatic carbocycles. The van der Waals surface area contributed by atoms with Gasteiger partial charge in [0.2, 0.25) is 0 Å². The first-order valence-corrected chi connectivity index (χ1v) is 6.55. The van der Waals surface area contributed by atoms with Gasteiger partial charge in [-0.1, -0.05) is 18.2 Å². The van der Waals surface area contributed by atoms with Gasteiger partial charge < -0.3 is 10.1 Å². The van der Waals surface area contributed by atoms with Gasteiger partial charge in [0.25, 0.3) is 0 Å². The number of ether oxygens (including phenoxy) is 1. The molecule has 0 amide bonds. The van der Waals surface area contributed by atoms with Crippen molar-refractivity contribution in [2.24, 2.45) is 5.92 Å². The van der Waals surface area contributed by atoms with Crippen molar-refractivity contribution in [3.63, 3.8) is 0 Å². The molecule has 0 bridgehead atoms. The minimum absolute atomic E-state index is 0.173. The summed E-state index contributed by atoms with van der Waals surface area (Å²) in [6, 6.07) is 9.69. The molecule has 3 rings (SSSR count). The molecular formula is C16H15NO3. The highest BCUT2D eigenvalue weighted by atomic mass is 16.5. The van der Waals surface area contributed by atoms with Crippen LogP contribution in [0.25, 0.3) is 10.8 Å². The summed E-state index contributed by atoms with van der Waals surface area (Å²) in [5, 5.41) is 5.22. The van der Waals surface area contributed by atoms with Crippen LogP contribution >= 0.6 is 0 Å². The topological polar surface area (TPSA) is 55.4 Å². The van der Waals surface area contributed by atoms with Crippen LogP contribution in [0.3, 0.4) is 0 Å². The quantitative estimate of drug-likeness (QED) is 0.672. The predicted octanol–water partition coefficient (Wildman–Crippen LogP) is 2.41. The summed E-state index contributed by atoms with van der Waals surface area (Å²) >= 11 is 0. The minimum Gasteiger partial charge on any atom is -0.469 e. The Morgan fingerprint density at radius 1 is 1.40 bits per heavy atom. The van der Waals surface area contributed by atoms with Crippen LogP contribution in [0.2, 0.25) is 0 Å². The average Bonchev–Trinajstić information content (AvgIpc) is 2.50. The summed E-state index contributed by atoms with van der Waals surface area (Å²) in [6.07, 6.45) is 1.50. The van der Waals surface area contributed by atoms with E-state index in [0.717, 1.165) is 28.3 Å². The number of methoxy groups -OCH3 is 1. The van der Waals surface area contributed by atoms with E-state index < -0.39 is 0 Å². The Bertz CT molecular complexity index is 693. The first kappa shape index (κ1) is 12.7. The molecule has 1 aliphatic rings. The molecule has 0 spiro atoms. The van der Waals surface area contributed by atoms with Crippen molar-refractivity contribution < 1.29 is 14.3 Å². The maximum absolute atomic E-state index is 11.6. The van der Waals surface area contributed by atoms with Crippen molar-refractivity contribution in [1.29, 1.82) is 0 Å². The van der Waals surface area contributed by atoms with Crippen molar-refractivity contribution in [3.8, 4) is 0 Å². The van der Waals surface area contributed by atoms with Gasteiger partial charge in [-0.05, 0) is 34.9 Å². The normalized spacial score (nSPS) is 17.1. The number of rotatable bonds is 2. The maximum atomic E-state index is 11.6. The van der Waals surface area contributed by atoms with E-state index in [1.807, 2.05) is 24.3 Å². The van der Waals surface area contributed by atoms with E-state index in [2.05, 4.69) is 5.32 Å². The molecule has 0 aromatic heterocycles. The van der Waals surface area contributed by atoms with E-state index >= 15 is 0 Å². The van der Waals surface area contributed by atoms with Gasteiger partial charge in [0, 0.05) is 17.8 Å². The molecule has 4 heteroatoms. The number of esters is 1. The SMILES string of the molecule is COC(=O)C1CNc2cc3cccc(C=O)c3cc2C1. The molecule has 0 fully saturated rings. The van der Waals surface area contributed by atoms with Crippen LogP contribution in [0.5, 0.6) is 0 Å². The van der Waals surface area contributed by atoms with Crippen LogP contribution in [0.15, 0.2) is 30.3 Å². The van der Waals surface area contributed by atoms with Gasteiger partial charge in [-0.25, -0.2) is 0 Å². The Kier molecular flexibility index (Phi) is 3.14. The zero-order valence-electron chi connectivity index (χ0n) is 11.2. The second-order valence-electron chi connectivity index (χ2n) is 5.00. The van der Waals surface area contributed by atoms with Crippen LogP contribution < -0.4 is 5.32 Å². The number of carbonyl (C=O) groups is 2. The number of hydrogen-bond acceptors (Lipinski definition) is 4. The largest absolute Gasteiger partial charge is 0.469 e. The number of carbonyl (C=O) groups excluding carboxylic acids is 2. The van der Waals surface area contributed by atoms with Gasteiger partial charge in [0.1, 0.15) is 0 Å². The third-order valence-corrected chi connectivity index (χ3v) is 3.80. The molecule has 102 valence electrons. The number of nitrogens with one attached hydrogen (secondary N) is 1. The Hall–Kier alpha value is -2.36. The summed E-state index contributed by atoms with van der Waals surface area (Å²) < 4.78 is 4.80. The molecule has 20 heavy (non-hydrogen) atoms. The van der Waals surface area contributed by atoms with Gasteiger partial charge in [-0.15, -0.1) is 0 Å². The van der Waals surface area contributed by atoms with E-state index in [1.54, 1.807) is 6.07 Å². The zero-order valence-corrected chi connectivity index (χ0v) is 11.2. The number of hydrogen-bond donors (Lipinski definition) is 1. The molecule has 2 aromatic rings. The second kappa shape index (κ2) is 4.96. The molecule has 0 saturated carbocycles. The lowest BCUT2D eigenvalue weighted by Gasteiger charge is -2.25. The number of benzene rings is 2. The van der Waals surface area contributed by atoms with Crippen LogP contribution in [-0.4, -0.2) is 25.9 Å². The Morgan fingerprint density at radius 2 is 2.25 bits per heavy atom. The van der Waals surface area contributed by atoms with Crippen molar-refractivity contribution in [1.82, 2.24) is 0 Å². The van der Waals surface area contributed by atoms with Gasteiger partial charge in [-0.2, -0.15) is 0 Å². The van der Waals surface area contributed by atoms with E-state index in [1.165, 1.54) is 7.11 Å². The molecule has 0 saturated heterocycles. The molecule has 1 unspecified atom stereocenters. The Morgan fingerprint density at radius 3 is 3.00 bits per heavy atom. The lowest BCUT2D eigenvalue weighted by Crippen LogP contribution is -2.30. The van der Waals surface area contributed by atoms with Crippen molar-refractivity contribution in [3.05, 3.63) is 41.5 Å². The van der Waals surface area contributed by atoms with Crippen LogP contribution in [-0.2, 0) is 16.0 Å². The molecule has 1 atom stereocenters. The predicted molar refractivity (Wildman–Crippen MR) is 77.0 cm³/mol. The fraction of sp³-hybridized carbons (Fsp3) is 0.250. The molecule has 1 N–H and O–H groups in total. The van der Waals surface area contributed by atoms with E-state index in [0.29, 0.717) is 18.5 Å². The molecule has 1 heterocycles. The van der Waals surface area contributed by atoms with Crippen LogP contribution in [0, 0.1) is 5.92 Å². The second-order valence-corrected chi connectivity index (χ2v) is 5.00. The number of fused-ring (bicyclic) bond motifs is 2. The summed E-state index contributed by atoms with van der Waals surface area (Å²) in [5.41, 5.74) is 2.75. The first-order chi connectivity index (χ1) is 9.72. The molecule has 0 radical (unpaired) electrons. The summed E-state index contributed by atoms with van der Waals surface area (Å²) in [4.78, 5) is 22.8. The molecular weight excluding hydrogens is 254 g/mol. The Labute approximate surface area is 116 Å². The van der Waals surface area contributed by atoms with Gasteiger partial charge in [0.15, 0.2) is 6.29 Å². The lowest BCUT2D eigenvalue weighted by molar-refractivity contribution is -0.145. The monoisotopic (exact) mass is 269 g/mol. The summed E-state index contributed by atoms with van der Waals surface area (Å²) in [6.45, 7) is 0.582. The van der Waals surface area contributed by atoms with Gasteiger partial charge >= 0.3 is 5.97 Å². The van der Waals surface area contributed by atoms with Crippen molar-refractivity contribution in [2.45, 2.75) is 6.42 Å². The number of aldehydes is 1. The molecule has 0 aliphatic carbocycles. The smallest absolute Gasteiger partial charge is 0.310 e. The summed E-state index contributed by atoms with van der Waals surface area (Å²) in [7, 11) is 1.41. The zero-order chi connectivity index (χ0) is 14.1. The molecule has 1 aliphatic heterocycles. The first-order valence-electron chi connectivity index (χ1n) is 6.55. The van der Waals surface area contributed by atoms with Crippen LogP contribution in [0.1, 0.15) is 15.9 Å². The van der Waals surface area contributed by atoms with Gasteiger partial charge in [0.05, 0.1) is 13.0 Å². The van der Waals surface area contributed by atoms with Crippen molar-refractivity contribution >= 4 is 28.7 Å². The maximum Gasteiger partial charge on any atom is 0.310 e. The van der Waals surface area contributed by atoms with E-state index in [-0.39, 0.29) is 11.9 Å². The highest BCUT2D eigenvalue weighted by molar-refractivity contribution is 6.00. The van der Waals surface area contributed by atoms with E-state index in [4.69, 9.17) is 4.74 Å². The fourth-order valence-corrected chi connectivity index (χ4v) is 2.73. The minimum atomic E-state index is -0.202. The third-order valence-electron chi connectivity index (χ3n) is 3.80.